The third kappa shape index (κ3) is 2.07. The van der Waals surface area contributed by atoms with Crippen LogP contribution in [0.2, 0.25) is 0 Å². The number of hydrogen-bond acceptors (Lipinski definition) is 6. The molecule has 0 saturated carbocycles. The van der Waals surface area contributed by atoms with E-state index in [-0.39, 0.29) is 6.10 Å². The van der Waals surface area contributed by atoms with Crippen molar-refractivity contribution < 1.29 is 28.8 Å². The maximum Gasteiger partial charge on any atom is 0.190 e. The van der Waals surface area contributed by atoms with Crippen LogP contribution in [0.15, 0.2) is 0 Å². The summed E-state index contributed by atoms with van der Waals surface area (Å²) in [5.41, 5.74) is 0. The van der Waals surface area contributed by atoms with Crippen molar-refractivity contribution >= 4 is 0 Å². The fraction of sp³-hybridized carbons (Fsp3) is 1.00. The normalized spacial score (nSPS) is 49.5. The Hall–Kier alpha value is -0.240. The van der Waals surface area contributed by atoms with Crippen molar-refractivity contribution in [1.82, 2.24) is 0 Å². The highest BCUT2D eigenvalue weighted by atomic mass is 16.8. The molecule has 3 fully saturated rings. The smallest absolute Gasteiger partial charge is 0.190 e. The second kappa shape index (κ2) is 3.88. The molecule has 0 amide bonds. The molecule has 1 N–H and O–H groups in total. The molecule has 18 heavy (non-hydrogen) atoms. The van der Waals surface area contributed by atoms with E-state index in [1.54, 1.807) is 13.8 Å². The Morgan fingerprint density at radius 2 is 1.67 bits per heavy atom. The van der Waals surface area contributed by atoms with E-state index in [9.17, 15) is 5.11 Å². The largest absolute Gasteiger partial charge is 0.387 e. The van der Waals surface area contributed by atoms with Crippen molar-refractivity contribution in [2.75, 3.05) is 6.61 Å². The number of fused-ring (bicyclic) bond motifs is 1. The van der Waals surface area contributed by atoms with Crippen LogP contribution in [-0.2, 0) is 23.7 Å². The Balaban J connectivity index is 1.68. The predicted octanol–water partition coefficient (Wildman–Crippen LogP) is 0.375. The van der Waals surface area contributed by atoms with Crippen molar-refractivity contribution in [3.8, 4) is 0 Å². The summed E-state index contributed by atoms with van der Waals surface area (Å²) < 4.78 is 28.1. The minimum absolute atomic E-state index is 0.295. The summed E-state index contributed by atoms with van der Waals surface area (Å²) in [6.07, 6.45) is -2.53. The van der Waals surface area contributed by atoms with Crippen molar-refractivity contribution in [2.45, 2.75) is 70.0 Å². The predicted molar refractivity (Wildman–Crippen MR) is 59.6 cm³/mol. The first-order chi connectivity index (χ1) is 8.27. The molecule has 0 aromatic rings. The van der Waals surface area contributed by atoms with Gasteiger partial charge in [-0.3, -0.25) is 0 Å². The molecule has 3 aliphatic rings. The molecule has 6 heteroatoms. The molecule has 6 nitrogen and oxygen atoms in total. The van der Waals surface area contributed by atoms with Gasteiger partial charge in [-0.1, -0.05) is 0 Å². The van der Waals surface area contributed by atoms with E-state index >= 15 is 0 Å². The average Bonchev–Trinajstić information content (AvgIpc) is 2.81. The van der Waals surface area contributed by atoms with Gasteiger partial charge >= 0.3 is 0 Å². The zero-order valence-corrected chi connectivity index (χ0v) is 11.1. The van der Waals surface area contributed by atoms with Gasteiger partial charge in [-0.25, -0.2) is 0 Å². The van der Waals surface area contributed by atoms with Crippen molar-refractivity contribution in [3.63, 3.8) is 0 Å². The van der Waals surface area contributed by atoms with Crippen molar-refractivity contribution in [3.05, 3.63) is 0 Å². The van der Waals surface area contributed by atoms with Crippen LogP contribution in [0.5, 0.6) is 0 Å². The highest BCUT2D eigenvalue weighted by Gasteiger charge is 2.57. The summed E-state index contributed by atoms with van der Waals surface area (Å²) in [4.78, 5) is 0. The second-order valence-electron chi connectivity index (χ2n) is 5.93. The van der Waals surface area contributed by atoms with E-state index in [1.807, 2.05) is 13.8 Å². The maximum atomic E-state index is 10.3. The molecular formula is C12H20O6. The maximum absolute atomic E-state index is 10.3. The van der Waals surface area contributed by atoms with Crippen LogP contribution >= 0.6 is 0 Å². The summed E-state index contributed by atoms with van der Waals surface area (Å²) in [5.74, 6) is -1.35. The lowest BCUT2D eigenvalue weighted by atomic mass is 10.1. The standard InChI is InChI=1S/C12H20O6/c1-11(2)14-5-6(16-11)8-7(13)9-10(15-8)18-12(3,4)17-9/h6-10,13H,5H2,1-4H3/t6-,7+,8-,9-,10?/m1/s1. The van der Waals surface area contributed by atoms with Gasteiger partial charge in [0, 0.05) is 0 Å². The molecule has 3 rings (SSSR count). The molecule has 5 atom stereocenters. The fourth-order valence-electron chi connectivity index (χ4n) is 2.70. The van der Waals surface area contributed by atoms with Crippen LogP contribution in [-0.4, -0.2) is 54.0 Å². The minimum atomic E-state index is -0.765. The van der Waals surface area contributed by atoms with Crippen LogP contribution in [0.25, 0.3) is 0 Å². The van der Waals surface area contributed by atoms with Gasteiger partial charge in [0.1, 0.15) is 24.4 Å². The summed E-state index contributed by atoms with van der Waals surface area (Å²) in [6, 6.07) is 0. The van der Waals surface area contributed by atoms with Gasteiger partial charge in [-0.2, -0.15) is 0 Å². The third-order valence-electron chi connectivity index (χ3n) is 3.45. The SMILES string of the molecule is CC1(C)OC[C@H]([C@H]2OC3OC(C)(C)O[C@@H]3[C@H]2O)O1. The Morgan fingerprint density at radius 1 is 0.944 bits per heavy atom. The molecular weight excluding hydrogens is 240 g/mol. The molecule has 3 heterocycles. The Bertz CT molecular complexity index is 341. The zero-order chi connectivity index (χ0) is 13.1. The molecule has 0 aliphatic carbocycles. The number of ether oxygens (including phenoxy) is 5. The number of aliphatic hydroxyl groups excluding tert-OH is 1. The van der Waals surface area contributed by atoms with Crippen molar-refractivity contribution in [1.29, 1.82) is 0 Å². The highest BCUT2D eigenvalue weighted by Crippen LogP contribution is 2.40. The van der Waals surface area contributed by atoms with Crippen LogP contribution < -0.4 is 0 Å². The molecule has 0 spiro atoms. The number of hydrogen-bond donors (Lipinski definition) is 1. The van der Waals surface area contributed by atoms with Gasteiger partial charge in [0.15, 0.2) is 17.9 Å². The Kier molecular flexibility index (Phi) is 2.75. The first-order valence-corrected chi connectivity index (χ1v) is 6.28. The summed E-state index contributed by atoms with van der Waals surface area (Å²) in [6.45, 7) is 7.68. The molecule has 0 aromatic carbocycles. The Morgan fingerprint density at radius 3 is 2.22 bits per heavy atom. The molecule has 0 aromatic heterocycles. The van der Waals surface area contributed by atoms with Crippen LogP contribution in [0, 0.1) is 0 Å². The molecule has 1 unspecified atom stereocenters. The quantitative estimate of drug-likeness (QED) is 0.735. The van der Waals surface area contributed by atoms with Gasteiger partial charge < -0.3 is 28.8 Å². The monoisotopic (exact) mass is 260 g/mol. The fourth-order valence-corrected chi connectivity index (χ4v) is 2.70. The van der Waals surface area contributed by atoms with E-state index in [0.717, 1.165) is 0 Å². The summed E-state index contributed by atoms with van der Waals surface area (Å²) >= 11 is 0. The average molecular weight is 260 g/mol. The zero-order valence-electron chi connectivity index (χ0n) is 11.1. The van der Waals surface area contributed by atoms with Crippen molar-refractivity contribution in [2.24, 2.45) is 0 Å². The Labute approximate surface area is 106 Å². The molecule has 3 aliphatic heterocycles. The topological polar surface area (TPSA) is 66.4 Å². The second-order valence-corrected chi connectivity index (χ2v) is 5.93. The number of aliphatic hydroxyl groups is 1. The van der Waals surface area contributed by atoms with Crippen LogP contribution in [0.3, 0.4) is 0 Å². The minimum Gasteiger partial charge on any atom is -0.387 e. The lowest BCUT2D eigenvalue weighted by Crippen LogP contribution is -2.42. The van der Waals surface area contributed by atoms with Crippen LogP contribution in [0.4, 0.5) is 0 Å². The van der Waals surface area contributed by atoms with Gasteiger partial charge in [-0.05, 0) is 27.7 Å². The molecule has 104 valence electrons. The van der Waals surface area contributed by atoms with E-state index in [1.165, 1.54) is 0 Å². The first kappa shape index (κ1) is 12.8. The molecule has 3 saturated heterocycles. The lowest BCUT2D eigenvalue weighted by Gasteiger charge is -2.26. The van der Waals surface area contributed by atoms with Gasteiger partial charge in [0.05, 0.1) is 6.61 Å². The van der Waals surface area contributed by atoms with E-state index in [2.05, 4.69) is 0 Å². The van der Waals surface area contributed by atoms with Gasteiger partial charge in [-0.15, -0.1) is 0 Å². The highest BCUT2D eigenvalue weighted by molar-refractivity contribution is 4.97. The van der Waals surface area contributed by atoms with Gasteiger partial charge in [0.2, 0.25) is 0 Å². The first-order valence-electron chi connectivity index (χ1n) is 6.28. The van der Waals surface area contributed by atoms with E-state index < -0.39 is 36.2 Å². The van der Waals surface area contributed by atoms with Gasteiger partial charge in [0.25, 0.3) is 0 Å². The van der Waals surface area contributed by atoms with E-state index in [4.69, 9.17) is 23.7 Å². The van der Waals surface area contributed by atoms with Crippen LogP contribution in [0.1, 0.15) is 27.7 Å². The summed E-state index contributed by atoms with van der Waals surface area (Å²) in [5, 5.41) is 10.3. The molecule has 0 radical (unpaired) electrons. The van der Waals surface area contributed by atoms with E-state index in [0.29, 0.717) is 6.61 Å². The summed E-state index contributed by atoms with van der Waals surface area (Å²) in [7, 11) is 0. The number of rotatable bonds is 1. The molecule has 0 bridgehead atoms. The third-order valence-corrected chi connectivity index (χ3v) is 3.45. The lowest BCUT2D eigenvalue weighted by molar-refractivity contribution is -0.232.